The van der Waals surface area contributed by atoms with Crippen LogP contribution in [0.25, 0.3) is 0 Å². The van der Waals surface area contributed by atoms with Gasteiger partial charge in [0.25, 0.3) is 0 Å². The molecular weight excluding hydrogens is 289 g/mol. The molecule has 0 bridgehead atoms. The molecule has 0 aliphatic carbocycles. The van der Waals surface area contributed by atoms with E-state index in [0.29, 0.717) is 0 Å². The Bertz CT molecular complexity index is 355. The predicted octanol–water partition coefficient (Wildman–Crippen LogP) is 3.21. The summed E-state index contributed by atoms with van der Waals surface area (Å²) in [5.74, 6) is 0. The summed E-state index contributed by atoms with van der Waals surface area (Å²) >= 11 is 9.35. The summed E-state index contributed by atoms with van der Waals surface area (Å²) < 4.78 is 0.911. The van der Waals surface area contributed by atoms with E-state index in [9.17, 15) is 0 Å². The summed E-state index contributed by atoms with van der Waals surface area (Å²) in [5.41, 5.74) is 1.06. The van der Waals surface area contributed by atoms with Crippen LogP contribution in [0.2, 0.25) is 5.02 Å². The van der Waals surface area contributed by atoms with Crippen molar-refractivity contribution >= 4 is 27.5 Å². The van der Waals surface area contributed by atoms with Crippen molar-refractivity contribution in [3.05, 3.63) is 33.3 Å². The van der Waals surface area contributed by atoms with Crippen molar-refractivity contribution in [3.63, 3.8) is 0 Å². The summed E-state index contributed by atoms with van der Waals surface area (Å²) in [6, 6.07) is 5.90. The van der Waals surface area contributed by atoms with Crippen molar-refractivity contribution < 1.29 is 5.11 Å². The summed E-state index contributed by atoms with van der Waals surface area (Å²) in [7, 11) is 0. The van der Waals surface area contributed by atoms with Gasteiger partial charge in [0.05, 0.1) is 5.02 Å². The van der Waals surface area contributed by atoms with Gasteiger partial charge in [-0.1, -0.05) is 31.5 Å². The van der Waals surface area contributed by atoms with Crippen molar-refractivity contribution in [1.82, 2.24) is 5.32 Å². The molecule has 1 rings (SSSR count). The molecule has 0 atom stereocenters. The van der Waals surface area contributed by atoms with E-state index in [4.69, 9.17) is 16.7 Å². The van der Waals surface area contributed by atoms with Gasteiger partial charge in [-0.25, -0.2) is 0 Å². The molecule has 4 heteroatoms. The minimum atomic E-state index is -0.0842. The molecule has 1 aromatic rings. The maximum atomic E-state index is 9.10. The first-order chi connectivity index (χ1) is 7.44. The van der Waals surface area contributed by atoms with Gasteiger partial charge in [0.1, 0.15) is 0 Å². The highest BCUT2D eigenvalue weighted by Gasteiger charge is 2.15. The van der Waals surface area contributed by atoms with Crippen LogP contribution in [0.15, 0.2) is 22.7 Å². The van der Waals surface area contributed by atoms with Gasteiger partial charge >= 0.3 is 0 Å². The molecule has 0 saturated heterocycles. The Balaban J connectivity index is 2.46. The zero-order valence-electron chi connectivity index (χ0n) is 9.56. The molecule has 16 heavy (non-hydrogen) atoms. The Morgan fingerprint density at radius 1 is 1.44 bits per heavy atom. The van der Waals surface area contributed by atoms with Crippen LogP contribution in [-0.2, 0) is 6.54 Å². The minimum absolute atomic E-state index is 0.0842. The Hall–Kier alpha value is -0.0900. The molecule has 0 aliphatic rings. The van der Waals surface area contributed by atoms with E-state index in [1.165, 1.54) is 0 Å². The van der Waals surface area contributed by atoms with Gasteiger partial charge in [0.15, 0.2) is 0 Å². The monoisotopic (exact) mass is 305 g/mol. The highest BCUT2D eigenvalue weighted by atomic mass is 79.9. The lowest BCUT2D eigenvalue weighted by Gasteiger charge is -2.22. The molecule has 0 fully saturated rings. The lowest BCUT2D eigenvalue weighted by Crippen LogP contribution is -2.31. The Morgan fingerprint density at radius 2 is 2.12 bits per heavy atom. The van der Waals surface area contributed by atoms with Crippen molar-refractivity contribution in [2.45, 2.75) is 20.4 Å². The van der Waals surface area contributed by atoms with Gasteiger partial charge in [-0.15, -0.1) is 0 Å². The van der Waals surface area contributed by atoms with Gasteiger partial charge in [-0.2, -0.15) is 0 Å². The summed E-state index contributed by atoms with van der Waals surface area (Å²) in [5, 5.41) is 13.1. The van der Waals surface area contributed by atoms with E-state index >= 15 is 0 Å². The number of nitrogens with one attached hydrogen (secondary N) is 1. The largest absolute Gasteiger partial charge is 0.396 e. The predicted molar refractivity (Wildman–Crippen MR) is 71.7 cm³/mol. The second kappa shape index (κ2) is 6.01. The first-order valence-corrected chi connectivity index (χ1v) is 6.37. The third-order valence-corrected chi connectivity index (χ3v) is 3.58. The van der Waals surface area contributed by atoms with Crippen molar-refractivity contribution in [1.29, 1.82) is 0 Å². The molecule has 90 valence electrons. The number of hydrogen-bond donors (Lipinski definition) is 2. The minimum Gasteiger partial charge on any atom is -0.396 e. The number of aliphatic hydroxyl groups is 1. The summed E-state index contributed by atoms with van der Waals surface area (Å²) in [4.78, 5) is 0. The van der Waals surface area contributed by atoms with E-state index in [0.717, 1.165) is 28.1 Å². The average molecular weight is 307 g/mol. The van der Waals surface area contributed by atoms with E-state index < -0.39 is 0 Å². The maximum absolute atomic E-state index is 9.10. The van der Waals surface area contributed by atoms with Crippen molar-refractivity contribution in [3.8, 4) is 0 Å². The van der Waals surface area contributed by atoms with Crippen molar-refractivity contribution in [2.24, 2.45) is 5.41 Å². The topological polar surface area (TPSA) is 32.3 Å². The third-order valence-electron chi connectivity index (χ3n) is 2.34. The van der Waals surface area contributed by atoms with Gasteiger partial charge in [0, 0.05) is 29.6 Å². The van der Waals surface area contributed by atoms with Crippen LogP contribution < -0.4 is 5.32 Å². The lowest BCUT2D eigenvalue weighted by atomic mass is 9.95. The van der Waals surface area contributed by atoms with Crippen LogP contribution in [0.1, 0.15) is 19.4 Å². The summed E-state index contributed by atoms with van der Waals surface area (Å²) in [6.45, 7) is 5.76. The lowest BCUT2D eigenvalue weighted by molar-refractivity contribution is 0.156. The fourth-order valence-electron chi connectivity index (χ4n) is 1.25. The first-order valence-electron chi connectivity index (χ1n) is 5.20. The van der Waals surface area contributed by atoms with E-state index in [1.54, 1.807) is 0 Å². The molecule has 0 radical (unpaired) electrons. The van der Waals surface area contributed by atoms with E-state index in [-0.39, 0.29) is 12.0 Å². The molecule has 0 heterocycles. The van der Waals surface area contributed by atoms with Crippen LogP contribution in [-0.4, -0.2) is 18.3 Å². The van der Waals surface area contributed by atoms with Crippen LogP contribution in [0.4, 0.5) is 0 Å². The van der Waals surface area contributed by atoms with E-state index in [2.05, 4.69) is 21.2 Å². The number of benzene rings is 1. The second-order valence-corrected chi connectivity index (χ2v) is 5.94. The molecule has 1 aromatic carbocycles. The number of rotatable bonds is 5. The Kier molecular flexibility index (Phi) is 5.25. The second-order valence-electron chi connectivity index (χ2n) is 4.67. The first kappa shape index (κ1) is 14.0. The average Bonchev–Trinajstić information content (AvgIpc) is 2.23. The molecule has 0 spiro atoms. The maximum Gasteiger partial charge on any atom is 0.0551 e. The molecule has 0 unspecified atom stereocenters. The molecule has 2 nitrogen and oxygen atoms in total. The number of hydrogen-bond acceptors (Lipinski definition) is 2. The van der Waals surface area contributed by atoms with Gasteiger partial charge in [-0.05, 0) is 33.6 Å². The molecule has 0 saturated carbocycles. The van der Waals surface area contributed by atoms with E-state index in [1.807, 2.05) is 32.0 Å². The number of halogens is 2. The van der Waals surface area contributed by atoms with Gasteiger partial charge in [-0.3, -0.25) is 0 Å². The highest BCUT2D eigenvalue weighted by Crippen LogP contribution is 2.23. The quantitative estimate of drug-likeness (QED) is 0.875. The zero-order chi connectivity index (χ0) is 12.2. The van der Waals surface area contributed by atoms with Crippen LogP contribution in [0.3, 0.4) is 0 Å². The molecule has 0 aromatic heterocycles. The van der Waals surface area contributed by atoms with Crippen LogP contribution >= 0.6 is 27.5 Å². The normalized spacial score (nSPS) is 11.8. The Labute approximate surface area is 110 Å². The third kappa shape index (κ3) is 4.42. The highest BCUT2D eigenvalue weighted by molar-refractivity contribution is 9.10. The van der Waals surface area contributed by atoms with Crippen LogP contribution in [0, 0.1) is 5.41 Å². The van der Waals surface area contributed by atoms with Gasteiger partial charge in [0.2, 0.25) is 0 Å². The van der Waals surface area contributed by atoms with Crippen LogP contribution in [0.5, 0.6) is 0 Å². The Morgan fingerprint density at radius 3 is 2.69 bits per heavy atom. The molecule has 0 aliphatic heterocycles. The molecule has 2 N–H and O–H groups in total. The van der Waals surface area contributed by atoms with Crippen molar-refractivity contribution in [2.75, 3.05) is 13.2 Å². The number of aliphatic hydroxyl groups excluding tert-OH is 1. The smallest absolute Gasteiger partial charge is 0.0551 e. The summed E-state index contributed by atoms with van der Waals surface area (Å²) in [6.07, 6.45) is 0. The zero-order valence-corrected chi connectivity index (χ0v) is 11.9. The van der Waals surface area contributed by atoms with Gasteiger partial charge < -0.3 is 10.4 Å². The molecular formula is C12H17BrClNO. The molecule has 0 amide bonds. The standard InChI is InChI=1S/C12H17BrClNO/c1-12(2,8-16)7-15-6-9-3-4-10(13)11(14)5-9/h3-5,15-16H,6-8H2,1-2H3. The SMILES string of the molecule is CC(C)(CO)CNCc1ccc(Br)c(Cl)c1. The fourth-order valence-corrected chi connectivity index (χ4v) is 1.70. The fraction of sp³-hybridized carbons (Fsp3) is 0.500.